The molecule has 1 aliphatic heterocycles. The van der Waals surface area contributed by atoms with Crippen molar-refractivity contribution in [3.8, 4) is 0 Å². The number of hydrogen-bond donors (Lipinski definition) is 2. The highest BCUT2D eigenvalue weighted by Gasteiger charge is 2.29. The minimum atomic E-state index is -0.241. The van der Waals surface area contributed by atoms with E-state index in [9.17, 15) is 9.59 Å². The molecule has 6 heteroatoms. The third-order valence-electron chi connectivity index (χ3n) is 4.98. The van der Waals surface area contributed by atoms with E-state index >= 15 is 0 Å². The van der Waals surface area contributed by atoms with Crippen LogP contribution in [0.5, 0.6) is 0 Å². The molecule has 1 unspecified atom stereocenters. The quantitative estimate of drug-likeness (QED) is 0.867. The fraction of sp³-hybridized carbons (Fsp3) is 0.474. The summed E-state index contributed by atoms with van der Waals surface area (Å²) in [6, 6.07) is 8.15. The number of benzene rings is 1. The lowest BCUT2D eigenvalue weighted by Gasteiger charge is -2.33. The van der Waals surface area contributed by atoms with Crippen LogP contribution in [0, 0.1) is 0 Å². The molecular weight excluding hydrogens is 338 g/mol. The van der Waals surface area contributed by atoms with Crippen molar-refractivity contribution >= 4 is 30.3 Å². The SMILES string of the molecule is CC(=O)N1C=Cc2ccccc2C1CC(=O)NC1CCC(N)CC1.Cl. The molecule has 0 aromatic heterocycles. The Morgan fingerprint density at radius 1 is 1.20 bits per heavy atom. The van der Waals surface area contributed by atoms with Gasteiger partial charge in [-0.3, -0.25) is 9.59 Å². The maximum absolute atomic E-state index is 12.5. The number of fused-ring (bicyclic) bond motifs is 1. The lowest BCUT2D eigenvalue weighted by molar-refractivity contribution is -0.130. The van der Waals surface area contributed by atoms with Crippen LogP contribution < -0.4 is 11.1 Å². The minimum absolute atomic E-state index is 0. The van der Waals surface area contributed by atoms with Gasteiger partial charge < -0.3 is 16.0 Å². The molecular formula is C19H26ClN3O2. The highest BCUT2D eigenvalue weighted by Crippen LogP contribution is 2.32. The summed E-state index contributed by atoms with van der Waals surface area (Å²) in [7, 11) is 0. The van der Waals surface area contributed by atoms with Gasteiger partial charge in [-0.05, 0) is 42.9 Å². The molecule has 1 atom stereocenters. The van der Waals surface area contributed by atoms with Crippen molar-refractivity contribution in [1.29, 1.82) is 0 Å². The van der Waals surface area contributed by atoms with Gasteiger partial charge in [-0.15, -0.1) is 12.4 Å². The number of amides is 2. The van der Waals surface area contributed by atoms with Gasteiger partial charge in [0.1, 0.15) is 0 Å². The Kier molecular flexibility index (Phi) is 6.62. The second-order valence-corrected chi connectivity index (χ2v) is 6.77. The van der Waals surface area contributed by atoms with Gasteiger partial charge in [0, 0.05) is 25.2 Å². The molecule has 3 N–H and O–H groups in total. The van der Waals surface area contributed by atoms with Crippen molar-refractivity contribution in [3.63, 3.8) is 0 Å². The molecule has 1 saturated carbocycles. The molecule has 136 valence electrons. The van der Waals surface area contributed by atoms with Gasteiger partial charge in [-0.1, -0.05) is 24.3 Å². The van der Waals surface area contributed by atoms with Gasteiger partial charge >= 0.3 is 0 Å². The Morgan fingerprint density at radius 2 is 1.88 bits per heavy atom. The van der Waals surface area contributed by atoms with Gasteiger partial charge in [0.15, 0.2) is 0 Å². The summed E-state index contributed by atoms with van der Waals surface area (Å²) >= 11 is 0. The molecule has 1 aromatic rings. The van der Waals surface area contributed by atoms with Crippen molar-refractivity contribution in [3.05, 3.63) is 41.6 Å². The maximum Gasteiger partial charge on any atom is 0.223 e. The molecule has 1 aliphatic carbocycles. The molecule has 3 rings (SSSR count). The van der Waals surface area contributed by atoms with Crippen LogP contribution in [0.2, 0.25) is 0 Å². The smallest absolute Gasteiger partial charge is 0.223 e. The van der Waals surface area contributed by atoms with E-state index in [2.05, 4.69) is 5.32 Å². The number of nitrogens with one attached hydrogen (secondary N) is 1. The molecule has 0 spiro atoms. The van der Waals surface area contributed by atoms with Crippen LogP contribution in [-0.4, -0.2) is 28.8 Å². The van der Waals surface area contributed by atoms with Gasteiger partial charge in [-0.2, -0.15) is 0 Å². The predicted octanol–water partition coefficient (Wildman–Crippen LogP) is 2.76. The van der Waals surface area contributed by atoms with Gasteiger partial charge in [0.25, 0.3) is 0 Å². The van der Waals surface area contributed by atoms with Crippen molar-refractivity contribution < 1.29 is 9.59 Å². The second-order valence-electron chi connectivity index (χ2n) is 6.77. The second kappa shape index (κ2) is 8.50. The maximum atomic E-state index is 12.5. The Bertz CT molecular complexity index is 654. The topological polar surface area (TPSA) is 75.4 Å². The van der Waals surface area contributed by atoms with E-state index < -0.39 is 0 Å². The van der Waals surface area contributed by atoms with E-state index in [4.69, 9.17) is 5.73 Å². The summed E-state index contributed by atoms with van der Waals surface area (Å²) in [6.07, 6.45) is 7.77. The Labute approximate surface area is 155 Å². The molecule has 5 nitrogen and oxygen atoms in total. The summed E-state index contributed by atoms with van der Waals surface area (Å²) in [5.74, 6) is -0.0565. The van der Waals surface area contributed by atoms with Gasteiger partial charge in [0.05, 0.1) is 12.5 Å². The van der Waals surface area contributed by atoms with Crippen molar-refractivity contribution in [2.24, 2.45) is 5.73 Å². The summed E-state index contributed by atoms with van der Waals surface area (Å²) in [5.41, 5.74) is 8.01. The third-order valence-corrected chi connectivity index (χ3v) is 4.98. The molecule has 0 bridgehead atoms. The molecule has 1 aromatic carbocycles. The average Bonchev–Trinajstić information content (AvgIpc) is 2.57. The van der Waals surface area contributed by atoms with E-state index in [1.807, 2.05) is 30.3 Å². The predicted molar refractivity (Wildman–Crippen MR) is 101 cm³/mol. The summed E-state index contributed by atoms with van der Waals surface area (Å²) in [6.45, 7) is 1.53. The van der Waals surface area contributed by atoms with Gasteiger partial charge in [0.2, 0.25) is 11.8 Å². The molecule has 0 radical (unpaired) electrons. The Hall–Kier alpha value is -1.85. The van der Waals surface area contributed by atoms with Crippen LogP contribution in [0.1, 0.15) is 56.2 Å². The number of halogens is 1. The minimum Gasteiger partial charge on any atom is -0.353 e. The highest BCUT2D eigenvalue weighted by molar-refractivity contribution is 5.85. The first-order chi connectivity index (χ1) is 11.5. The van der Waals surface area contributed by atoms with Crippen LogP contribution >= 0.6 is 12.4 Å². The van der Waals surface area contributed by atoms with Crippen molar-refractivity contribution in [2.45, 2.75) is 57.2 Å². The zero-order valence-electron chi connectivity index (χ0n) is 14.5. The summed E-state index contributed by atoms with van der Waals surface area (Å²) < 4.78 is 0. The Morgan fingerprint density at radius 3 is 2.56 bits per heavy atom. The van der Waals surface area contributed by atoms with Gasteiger partial charge in [-0.25, -0.2) is 0 Å². The van der Waals surface area contributed by atoms with E-state index in [0.29, 0.717) is 0 Å². The van der Waals surface area contributed by atoms with Crippen LogP contribution in [-0.2, 0) is 9.59 Å². The van der Waals surface area contributed by atoms with E-state index in [0.717, 1.165) is 36.8 Å². The number of hydrogen-bond acceptors (Lipinski definition) is 3. The highest BCUT2D eigenvalue weighted by atomic mass is 35.5. The number of rotatable bonds is 3. The molecule has 1 heterocycles. The zero-order chi connectivity index (χ0) is 17.1. The Balaban J connectivity index is 0.00000225. The monoisotopic (exact) mass is 363 g/mol. The summed E-state index contributed by atoms with van der Waals surface area (Å²) in [5, 5.41) is 3.12. The first kappa shape index (κ1) is 19.5. The van der Waals surface area contributed by atoms with Crippen LogP contribution in [0.3, 0.4) is 0 Å². The standard InChI is InChI=1S/C19H25N3O2.ClH/c1-13(23)22-11-10-14-4-2-3-5-17(14)18(22)12-19(24)21-16-8-6-15(20)7-9-16;/h2-5,10-11,15-16,18H,6-9,12,20H2,1H3,(H,21,24);1H. The van der Waals surface area contributed by atoms with E-state index in [-0.39, 0.29) is 48.8 Å². The van der Waals surface area contributed by atoms with Crippen molar-refractivity contribution in [2.75, 3.05) is 0 Å². The fourth-order valence-corrected chi connectivity index (χ4v) is 3.64. The summed E-state index contributed by atoms with van der Waals surface area (Å²) in [4.78, 5) is 26.1. The number of nitrogens with zero attached hydrogens (tertiary/aromatic N) is 1. The molecule has 2 amide bonds. The number of nitrogens with two attached hydrogens (primary N) is 1. The van der Waals surface area contributed by atoms with E-state index in [1.165, 1.54) is 6.92 Å². The van der Waals surface area contributed by atoms with Crippen LogP contribution in [0.25, 0.3) is 6.08 Å². The molecule has 0 saturated heterocycles. The first-order valence-electron chi connectivity index (χ1n) is 8.65. The number of carbonyl (C=O) groups excluding carboxylic acids is 2. The fourth-order valence-electron chi connectivity index (χ4n) is 3.64. The van der Waals surface area contributed by atoms with Crippen LogP contribution in [0.15, 0.2) is 30.5 Å². The lowest BCUT2D eigenvalue weighted by Crippen LogP contribution is -2.42. The van der Waals surface area contributed by atoms with Crippen molar-refractivity contribution in [1.82, 2.24) is 10.2 Å². The first-order valence-corrected chi connectivity index (χ1v) is 8.65. The lowest BCUT2D eigenvalue weighted by atomic mass is 9.91. The largest absolute Gasteiger partial charge is 0.353 e. The normalized spacial score (nSPS) is 24.9. The third kappa shape index (κ3) is 4.61. The van der Waals surface area contributed by atoms with Crippen LogP contribution in [0.4, 0.5) is 0 Å². The zero-order valence-corrected chi connectivity index (χ0v) is 15.3. The molecule has 2 aliphatic rings. The molecule has 25 heavy (non-hydrogen) atoms. The van der Waals surface area contributed by atoms with E-state index in [1.54, 1.807) is 11.1 Å². The average molecular weight is 364 g/mol. The number of carbonyl (C=O) groups is 2. The molecule has 1 fully saturated rings.